The minimum atomic E-state index is -0.131. The molecule has 1 N–H and O–H groups in total. The molecule has 0 saturated carbocycles. The van der Waals surface area contributed by atoms with Gasteiger partial charge in [0.15, 0.2) is 5.43 Å². The number of ether oxygens (including phenoxy) is 1. The zero-order valence-electron chi connectivity index (χ0n) is 18.7. The van der Waals surface area contributed by atoms with Gasteiger partial charge < -0.3 is 14.3 Å². The molecule has 0 unspecified atom stereocenters. The van der Waals surface area contributed by atoms with E-state index in [1.54, 1.807) is 18.2 Å². The van der Waals surface area contributed by atoms with Crippen LogP contribution in [0.5, 0.6) is 5.75 Å². The molecule has 0 aromatic heterocycles. The molecule has 7 nitrogen and oxygen atoms in total. The van der Waals surface area contributed by atoms with Crippen molar-refractivity contribution in [2.75, 3.05) is 19.8 Å². The van der Waals surface area contributed by atoms with Gasteiger partial charge >= 0.3 is 0 Å². The average molecular weight is 456 g/mol. The Kier molecular flexibility index (Phi) is 7.28. The molecular formula is C27H25N3O4. The van der Waals surface area contributed by atoms with E-state index in [1.165, 1.54) is 12.1 Å². The molecule has 4 rings (SSSR count). The number of azide groups is 1. The minimum Gasteiger partial charge on any atom is -0.508 e. The first kappa shape index (κ1) is 23.1. The molecule has 1 aliphatic heterocycles. The van der Waals surface area contributed by atoms with Crippen LogP contribution >= 0.6 is 0 Å². The third kappa shape index (κ3) is 5.46. The summed E-state index contributed by atoms with van der Waals surface area (Å²) in [6, 6.07) is 18.1. The topological polar surface area (TPSA) is 108 Å². The Balaban J connectivity index is 1.56. The van der Waals surface area contributed by atoms with Crippen molar-refractivity contribution in [3.63, 3.8) is 0 Å². The molecule has 2 aromatic rings. The third-order valence-electron chi connectivity index (χ3n) is 5.56. The van der Waals surface area contributed by atoms with Gasteiger partial charge in [-0.1, -0.05) is 41.5 Å². The summed E-state index contributed by atoms with van der Waals surface area (Å²) in [6.07, 6.45) is 2.43. The zero-order valence-corrected chi connectivity index (χ0v) is 18.7. The van der Waals surface area contributed by atoms with Crippen LogP contribution in [0.3, 0.4) is 0 Å². The van der Waals surface area contributed by atoms with Crippen LogP contribution in [0, 0.1) is 0 Å². The minimum absolute atomic E-state index is 0.103. The van der Waals surface area contributed by atoms with Crippen molar-refractivity contribution in [2.24, 2.45) is 5.11 Å². The summed E-state index contributed by atoms with van der Waals surface area (Å²) in [4.78, 5) is 14.6. The molecule has 2 aliphatic rings. The normalized spacial score (nSPS) is 10.9. The molecule has 0 atom stereocenters. The lowest BCUT2D eigenvalue weighted by molar-refractivity contribution is 0.139. The molecule has 7 heteroatoms. The van der Waals surface area contributed by atoms with Crippen molar-refractivity contribution in [3.05, 3.63) is 99.0 Å². The predicted octanol–water partition coefficient (Wildman–Crippen LogP) is 6.48. The summed E-state index contributed by atoms with van der Waals surface area (Å²) in [5, 5.41) is 14.2. The molecule has 0 bridgehead atoms. The molecule has 34 heavy (non-hydrogen) atoms. The Labute approximate surface area is 196 Å². The van der Waals surface area contributed by atoms with Gasteiger partial charge in [-0.25, -0.2) is 0 Å². The first-order chi connectivity index (χ1) is 16.5. The largest absolute Gasteiger partial charge is 0.508 e. The van der Waals surface area contributed by atoms with Crippen molar-refractivity contribution < 1.29 is 14.3 Å². The summed E-state index contributed by atoms with van der Waals surface area (Å²) in [7, 11) is 0. The van der Waals surface area contributed by atoms with Crippen LogP contribution in [0.15, 0.2) is 87.1 Å². The summed E-state index contributed by atoms with van der Waals surface area (Å²) < 4.78 is 11.4. The van der Waals surface area contributed by atoms with Crippen LogP contribution in [-0.2, 0) is 11.2 Å². The van der Waals surface area contributed by atoms with E-state index in [1.807, 2.05) is 18.2 Å². The van der Waals surface area contributed by atoms with Crippen LogP contribution in [-0.4, -0.2) is 24.9 Å². The van der Waals surface area contributed by atoms with Gasteiger partial charge in [0.05, 0.1) is 6.61 Å². The van der Waals surface area contributed by atoms with Crippen LogP contribution in [0.2, 0.25) is 0 Å². The predicted molar refractivity (Wildman–Crippen MR) is 133 cm³/mol. The summed E-state index contributed by atoms with van der Waals surface area (Å²) in [6.45, 7) is 5.59. The number of hydrogen-bond acceptors (Lipinski definition) is 5. The van der Waals surface area contributed by atoms with Gasteiger partial charge in [0.1, 0.15) is 17.1 Å². The maximum atomic E-state index is 11.9. The molecule has 0 radical (unpaired) electrons. The highest BCUT2D eigenvalue weighted by Crippen LogP contribution is 2.40. The number of aromatic hydroxyl groups is 1. The lowest BCUT2D eigenvalue weighted by Gasteiger charge is -2.16. The van der Waals surface area contributed by atoms with E-state index in [2.05, 4.69) is 28.7 Å². The van der Waals surface area contributed by atoms with E-state index >= 15 is 0 Å². The third-order valence-corrected chi connectivity index (χ3v) is 5.56. The van der Waals surface area contributed by atoms with Crippen molar-refractivity contribution in [2.45, 2.75) is 19.3 Å². The van der Waals surface area contributed by atoms with Gasteiger partial charge in [-0.05, 0) is 60.2 Å². The van der Waals surface area contributed by atoms with Crippen molar-refractivity contribution >= 4 is 11.0 Å². The van der Waals surface area contributed by atoms with Gasteiger partial charge in [0.25, 0.3) is 0 Å². The first-order valence-corrected chi connectivity index (χ1v) is 11.1. The maximum absolute atomic E-state index is 11.9. The molecule has 0 saturated heterocycles. The summed E-state index contributed by atoms with van der Waals surface area (Å²) in [5.41, 5.74) is 13.7. The smallest absolute Gasteiger partial charge is 0.182 e. The lowest BCUT2D eigenvalue weighted by Crippen LogP contribution is -2.01. The van der Waals surface area contributed by atoms with Crippen LogP contribution < -0.4 is 5.43 Å². The fraction of sp³-hybridized carbons (Fsp3) is 0.222. The number of phenolic OH excluding ortho intramolecular Hbond substituents is 1. The van der Waals surface area contributed by atoms with E-state index < -0.39 is 0 Å². The Morgan fingerprint density at radius 2 is 2.00 bits per heavy atom. The molecule has 0 fully saturated rings. The zero-order chi connectivity index (χ0) is 23.9. The Morgan fingerprint density at radius 3 is 2.85 bits per heavy atom. The van der Waals surface area contributed by atoms with Crippen molar-refractivity contribution in [1.82, 2.24) is 0 Å². The van der Waals surface area contributed by atoms with Gasteiger partial charge in [0, 0.05) is 46.7 Å². The molecule has 2 aromatic carbocycles. The molecule has 172 valence electrons. The number of benzene rings is 3. The summed E-state index contributed by atoms with van der Waals surface area (Å²) in [5.74, 6) is 0.586. The highest BCUT2D eigenvalue weighted by atomic mass is 16.5. The van der Waals surface area contributed by atoms with Gasteiger partial charge in [0.2, 0.25) is 0 Å². The number of phenols is 1. The molecule has 0 spiro atoms. The lowest BCUT2D eigenvalue weighted by atomic mass is 9.91. The summed E-state index contributed by atoms with van der Waals surface area (Å²) >= 11 is 0. The molecule has 0 amide bonds. The van der Waals surface area contributed by atoms with Crippen LogP contribution in [0.4, 0.5) is 0 Å². The molecule has 1 heterocycles. The second-order valence-corrected chi connectivity index (χ2v) is 8.11. The molecular weight excluding hydrogens is 430 g/mol. The number of fused-ring (bicyclic) bond motifs is 2. The van der Waals surface area contributed by atoms with Gasteiger partial charge in [-0.15, -0.1) is 0 Å². The van der Waals surface area contributed by atoms with E-state index in [9.17, 15) is 9.90 Å². The number of allylic oxidation sites excluding steroid dienone is 1. The van der Waals surface area contributed by atoms with Crippen molar-refractivity contribution in [1.29, 1.82) is 0 Å². The van der Waals surface area contributed by atoms with E-state index in [-0.39, 0.29) is 11.2 Å². The Bertz CT molecular complexity index is 1400. The number of nitrogens with zero attached hydrogens (tertiary/aromatic N) is 3. The standard InChI is InChI=1S/C27H25N3O4/c1-18(4-3-12-33-13-11-29-30-28)14-19-5-2-6-20(15-19)27-23-9-7-21(31)16-25(23)34-26-17-22(32)8-10-24(26)27/h2,5-10,15-17,31H,1,3-4,11-14H2. The fourth-order valence-electron chi connectivity index (χ4n) is 4.06. The molecule has 1 aliphatic carbocycles. The number of rotatable bonds is 10. The van der Waals surface area contributed by atoms with Crippen LogP contribution in [0.1, 0.15) is 18.4 Å². The monoisotopic (exact) mass is 455 g/mol. The van der Waals surface area contributed by atoms with E-state index in [4.69, 9.17) is 14.7 Å². The fourth-order valence-corrected chi connectivity index (χ4v) is 4.06. The van der Waals surface area contributed by atoms with Crippen molar-refractivity contribution in [3.8, 4) is 28.2 Å². The van der Waals surface area contributed by atoms with Crippen LogP contribution in [0.25, 0.3) is 43.9 Å². The second-order valence-electron chi connectivity index (χ2n) is 8.11. The second kappa shape index (κ2) is 10.7. The highest BCUT2D eigenvalue weighted by molar-refractivity contribution is 6.02. The maximum Gasteiger partial charge on any atom is 0.182 e. The van der Waals surface area contributed by atoms with E-state index in [0.29, 0.717) is 31.1 Å². The van der Waals surface area contributed by atoms with Gasteiger partial charge in [-0.3, -0.25) is 4.79 Å². The number of hydrogen-bond donors (Lipinski definition) is 1. The van der Waals surface area contributed by atoms with E-state index in [0.717, 1.165) is 52.5 Å². The SMILES string of the molecule is C=C(CCCOCCN=[N+]=[N-])Cc1cccc(-c2c3ccc(=O)cc-3oc3cc(O)ccc23)c1. The Hall–Kier alpha value is -4.06. The average Bonchev–Trinajstić information content (AvgIpc) is 2.82. The van der Waals surface area contributed by atoms with Gasteiger partial charge in [-0.2, -0.15) is 0 Å². The quantitative estimate of drug-likeness (QED) is 0.0737. The Morgan fingerprint density at radius 1 is 1.12 bits per heavy atom. The highest BCUT2D eigenvalue weighted by Gasteiger charge is 2.18. The first-order valence-electron chi connectivity index (χ1n) is 11.1.